The van der Waals surface area contributed by atoms with E-state index in [4.69, 9.17) is 5.73 Å². The van der Waals surface area contributed by atoms with Crippen molar-refractivity contribution in [2.45, 2.75) is 83.7 Å². The zero-order valence-corrected chi connectivity index (χ0v) is 12.7. The van der Waals surface area contributed by atoms with Crippen LogP contribution in [0, 0.1) is 5.41 Å². The normalized spacial score (nSPS) is 30.3. The highest BCUT2D eigenvalue weighted by Crippen LogP contribution is 2.43. The third-order valence-electron chi connectivity index (χ3n) is 5.47. The van der Waals surface area contributed by atoms with Crippen LogP contribution in [0.15, 0.2) is 0 Å². The molecule has 0 spiro atoms. The topological polar surface area (TPSA) is 46.3 Å². The second kappa shape index (κ2) is 6.25. The molecule has 2 aliphatic rings. The van der Waals surface area contributed by atoms with Crippen molar-refractivity contribution in [1.82, 2.24) is 4.90 Å². The van der Waals surface area contributed by atoms with Crippen LogP contribution in [0.3, 0.4) is 0 Å². The van der Waals surface area contributed by atoms with Gasteiger partial charge < -0.3 is 10.6 Å². The summed E-state index contributed by atoms with van der Waals surface area (Å²) in [5, 5.41) is 0. The van der Waals surface area contributed by atoms with Crippen LogP contribution in [0.4, 0.5) is 0 Å². The number of carbonyl (C=O) groups is 1. The molecule has 0 aromatic heterocycles. The van der Waals surface area contributed by atoms with E-state index in [0.717, 1.165) is 51.5 Å². The van der Waals surface area contributed by atoms with Crippen molar-refractivity contribution in [1.29, 1.82) is 0 Å². The van der Waals surface area contributed by atoms with Gasteiger partial charge in [-0.25, -0.2) is 0 Å². The van der Waals surface area contributed by atoms with Gasteiger partial charge in [0, 0.05) is 24.0 Å². The Bertz CT molecular complexity index is 302. The number of hydrogen-bond acceptors (Lipinski definition) is 2. The van der Waals surface area contributed by atoms with Gasteiger partial charge in [0.2, 0.25) is 5.91 Å². The molecule has 1 amide bonds. The van der Waals surface area contributed by atoms with Crippen LogP contribution in [0.2, 0.25) is 0 Å². The number of amides is 1. The molecule has 110 valence electrons. The molecular weight excluding hydrogens is 236 g/mol. The van der Waals surface area contributed by atoms with Crippen LogP contribution in [0.5, 0.6) is 0 Å². The lowest BCUT2D eigenvalue weighted by atomic mass is 9.80. The summed E-state index contributed by atoms with van der Waals surface area (Å²) in [4.78, 5) is 15.2. The molecule has 2 saturated carbocycles. The first kappa shape index (κ1) is 14.8. The largest absolute Gasteiger partial charge is 0.340 e. The van der Waals surface area contributed by atoms with E-state index in [-0.39, 0.29) is 5.41 Å². The highest BCUT2D eigenvalue weighted by molar-refractivity contribution is 5.83. The van der Waals surface area contributed by atoms with Gasteiger partial charge in [0.05, 0.1) is 0 Å². The van der Waals surface area contributed by atoms with Gasteiger partial charge in [-0.2, -0.15) is 0 Å². The molecule has 2 N–H and O–H groups in total. The van der Waals surface area contributed by atoms with E-state index in [9.17, 15) is 4.79 Å². The Labute approximate surface area is 117 Å². The van der Waals surface area contributed by atoms with E-state index in [1.807, 2.05) is 0 Å². The first-order valence-electron chi connectivity index (χ1n) is 8.19. The standard InChI is InChI=1S/C16H30N2O/c1-3-16(11-5-6-12-16)15(19)18(4-2)14-9-7-13(17)8-10-14/h13-14H,3-12,17H2,1-2H3. The third kappa shape index (κ3) is 2.96. The number of rotatable bonds is 4. The van der Waals surface area contributed by atoms with Crippen LogP contribution in [0.25, 0.3) is 0 Å². The molecule has 0 aliphatic heterocycles. The Morgan fingerprint density at radius 3 is 2.21 bits per heavy atom. The molecule has 3 heteroatoms. The average Bonchev–Trinajstić information content (AvgIpc) is 2.91. The maximum absolute atomic E-state index is 13.0. The summed E-state index contributed by atoms with van der Waals surface area (Å²) in [6, 6.07) is 0.804. The fourth-order valence-electron chi connectivity index (χ4n) is 4.06. The fourth-order valence-corrected chi connectivity index (χ4v) is 4.06. The molecule has 0 aromatic rings. The molecule has 0 aromatic carbocycles. The van der Waals surface area contributed by atoms with Crippen molar-refractivity contribution in [3.05, 3.63) is 0 Å². The summed E-state index contributed by atoms with van der Waals surface area (Å²) < 4.78 is 0. The van der Waals surface area contributed by atoms with Gasteiger partial charge in [-0.3, -0.25) is 4.79 Å². The molecule has 0 saturated heterocycles. The highest BCUT2D eigenvalue weighted by atomic mass is 16.2. The molecule has 2 rings (SSSR count). The van der Waals surface area contributed by atoms with E-state index in [0.29, 0.717) is 18.0 Å². The monoisotopic (exact) mass is 266 g/mol. The molecule has 2 fully saturated rings. The minimum absolute atomic E-state index is 0.0322. The van der Waals surface area contributed by atoms with E-state index in [1.165, 1.54) is 12.8 Å². The summed E-state index contributed by atoms with van der Waals surface area (Å²) in [7, 11) is 0. The van der Waals surface area contributed by atoms with Crippen molar-refractivity contribution < 1.29 is 4.79 Å². The minimum Gasteiger partial charge on any atom is -0.340 e. The van der Waals surface area contributed by atoms with Gasteiger partial charge in [-0.15, -0.1) is 0 Å². The Morgan fingerprint density at radius 1 is 1.16 bits per heavy atom. The van der Waals surface area contributed by atoms with Gasteiger partial charge >= 0.3 is 0 Å². The lowest BCUT2D eigenvalue weighted by Crippen LogP contribution is -2.49. The molecule has 19 heavy (non-hydrogen) atoms. The summed E-state index contributed by atoms with van der Waals surface area (Å²) >= 11 is 0. The van der Waals surface area contributed by atoms with E-state index < -0.39 is 0 Å². The predicted molar refractivity (Wildman–Crippen MR) is 78.8 cm³/mol. The first-order chi connectivity index (χ1) is 9.13. The van der Waals surface area contributed by atoms with Gasteiger partial charge in [0.25, 0.3) is 0 Å². The lowest BCUT2D eigenvalue weighted by molar-refractivity contribution is -0.145. The maximum Gasteiger partial charge on any atom is 0.229 e. The van der Waals surface area contributed by atoms with Crippen LogP contribution >= 0.6 is 0 Å². The Kier molecular flexibility index (Phi) is 4.88. The van der Waals surface area contributed by atoms with Gasteiger partial charge in [0.15, 0.2) is 0 Å². The summed E-state index contributed by atoms with van der Waals surface area (Å²) in [6.07, 6.45) is 10.0. The van der Waals surface area contributed by atoms with Crippen molar-refractivity contribution in [2.24, 2.45) is 11.1 Å². The zero-order chi connectivity index (χ0) is 13.9. The zero-order valence-electron chi connectivity index (χ0n) is 12.7. The quantitative estimate of drug-likeness (QED) is 0.850. The minimum atomic E-state index is -0.0322. The summed E-state index contributed by atoms with van der Waals surface area (Å²) in [6.45, 7) is 5.18. The van der Waals surface area contributed by atoms with Gasteiger partial charge in [0.1, 0.15) is 0 Å². The van der Waals surface area contributed by atoms with Gasteiger partial charge in [-0.05, 0) is 51.9 Å². The van der Waals surface area contributed by atoms with Crippen molar-refractivity contribution >= 4 is 5.91 Å². The summed E-state index contributed by atoms with van der Waals surface area (Å²) in [5.74, 6) is 0.440. The molecule has 0 bridgehead atoms. The average molecular weight is 266 g/mol. The maximum atomic E-state index is 13.0. The molecule has 3 nitrogen and oxygen atoms in total. The molecule has 2 aliphatic carbocycles. The Balaban J connectivity index is 2.06. The van der Waals surface area contributed by atoms with E-state index in [1.54, 1.807) is 0 Å². The van der Waals surface area contributed by atoms with Crippen molar-refractivity contribution in [2.75, 3.05) is 6.54 Å². The SMILES string of the molecule is CCN(C(=O)C1(CC)CCCC1)C1CCC(N)CC1. The number of carbonyl (C=O) groups excluding carboxylic acids is 1. The smallest absolute Gasteiger partial charge is 0.229 e. The molecule has 0 heterocycles. The lowest BCUT2D eigenvalue weighted by Gasteiger charge is -2.40. The molecular formula is C16H30N2O. The highest BCUT2D eigenvalue weighted by Gasteiger charge is 2.43. The molecule has 0 radical (unpaired) electrons. The third-order valence-corrected chi connectivity index (χ3v) is 5.47. The van der Waals surface area contributed by atoms with E-state index in [2.05, 4.69) is 18.7 Å². The van der Waals surface area contributed by atoms with Crippen LogP contribution < -0.4 is 5.73 Å². The first-order valence-corrected chi connectivity index (χ1v) is 8.19. The number of nitrogens with zero attached hydrogens (tertiary/aromatic N) is 1. The summed E-state index contributed by atoms with van der Waals surface area (Å²) in [5.41, 5.74) is 5.95. The van der Waals surface area contributed by atoms with E-state index >= 15 is 0 Å². The molecule has 0 atom stereocenters. The van der Waals surface area contributed by atoms with Crippen molar-refractivity contribution in [3.63, 3.8) is 0 Å². The van der Waals surface area contributed by atoms with Gasteiger partial charge in [-0.1, -0.05) is 19.8 Å². The van der Waals surface area contributed by atoms with Crippen LogP contribution in [-0.2, 0) is 4.79 Å². The fraction of sp³-hybridized carbons (Fsp3) is 0.938. The van der Waals surface area contributed by atoms with Crippen molar-refractivity contribution in [3.8, 4) is 0 Å². The Hall–Kier alpha value is -0.570. The second-order valence-electron chi connectivity index (χ2n) is 6.50. The van der Waals surface area contributed by atoms with Crippen LogP contribution in [-0.4, -0.2) is 29.4 Å². The predicted octanol–water partition coefficient (Wildman–Crippen LogP) is 3.08. The Morgan fingerprint density at radius 2 is 1.74 bits per heavy atom. The second-order valence-corrected chi connectivity index (χ2v) is 6.50. The van der Waals surface area contributed by atoms with Crippen LogP contribution in [0.1, 0.15) is 71.6 Å². The number of nitrogens with two attached hydrogens (primary N) is 1. The molecule has 0 unspecified atom stereocenters. The number of hydrogen-bond donors (Lipinski definition) is 1.